The molecule has 0 spiro atoms. The highest BCUT2D eigenvalue weighted by molar-refractivity contribution is 5.57. The van der Waals surface area contributed by atoms with Crippen molar-refractivity contribution in [2.75, 3.05) is 11.9 Å². The number of para-hydroxylation sites is 2. The Bertz CT molecular complexity index is 456. The van der Waals surface area contributed by atoms with Gasteiger partial charge in [0.1, 0.15) is 5.75 Å². The number of benzene rings is 1. The van der Waals surface area contributed by atoms with Gasteiger partial charge in [0.2, 0.25) is 0 Å². The standard InChI is InChI=1S/C18H25NO/c1-2-20-17-6-4-3-5-16(17)19-18-14-8-12-7-13(10-14)11-15(18)9-12/h3-6,12-15,18-19H,2,7-11H2,1H3. The van der Waals surface area contributed by atoms with Gasteiger partial charge in [-0.2, -0.15) is 0 Å². The highest BCUT2D eigenvalue weighted by atomic mass is 16.5. The van der Waals surface area contributed by atoms with Crippen molar-refractivity contribution < 1.29 is 4.74 Å². The highest BCUT2D eigenvalue weighted by Gasteiger charge is 2.48. The number of ether oxygens (including phenoxy) is 1. The molecule has 1 aromatic rings. The molecule has 4 saturated carbocycles. The molecular formula is C18H25NO. The lowest BCUT2D eigenvalue weighted by molar-refractivity contribution is 0.00747. The van der Waals surface area contributed by atoms with Gasteiger partial charge in [0, 0.05) is 6.04 Å². The normalized spacial score (nSPS) is 38.0. The molecule has 0 aromatic heterocycles. The molecule has 4 aliphatic carbocycles. The molecule has 4 bridgehead atoms. The summed E-state index contributed by atoms with van der Waals surface area (Å²) in [6, 6.07) is 9.12. The van der Waals surface area contributed by atoms with Gasteiger partial charge in [-0.3, -0.25) is 0 Å². The largest absolute Gasteiger partial charge is 0.492 e. The Morgan fingerprint density at radius 1 is 1.00 bits per heavy atom. The summed E-state index contributed by atoms with van der Waals surface area (Å²) in [6.45, 7) is 2.79. The quantitative estimate of drug-likeness (QED) is 0.880. The zero-order valence-corrected chi connectivity index (χ0v) is 12.3. The Balaban J connectivity index is 1.54. The Kier molecular flexibility index (Phi) is 3.13. The topological polar surface area (TPSA) is 21.3 Å². The van der Waals surface area contributed by atoms with Gasteiger partial charge in [-0.15, -0.1) is 0 Å². The van der Waals surface area contributed by atoms with Crippen LogP contribution in [0.15, 0.2) is 24.3 Å². The first-order valence-corrected chi connectivity index (χ1v) is 8.32. The van der Waals surface area contributed by atoms with Gasteiger partial charge in [0.25, 0.3) is 0 Å². The van der Waals surface area contributed by atoms with Crippen LogP contribution in [0.2, 0.25) is 0 Å². The van der Waals surface area contributed by atoms with Gasteiger partial charge in [-0.25, -0.2) is 0 Å². The van der Waals surface area contributed by atoms with Crippen molar-refractivity contribution >= 4 is 5.69 Å². The summed E-state index contributed by atoms with van der Waals surface area (Å²) in [6.07, 6.45) is 7.36. The van der Waals surface area contributed by atoms with Crippen molar-refractivity contribution in [3.05, 3.63) is 24.3 Å². The zero-order valence-electron chi connectivity index (χ0n) is 12.3. The lowest BCUT2D eigenvalue weighted by Crippen LogP contribution is -2.51. The second-order valence-electron chi connectivity index (χ2n) is 7.03. The maximum atomic E-state index is 5.77. The highest BCUT2D eigenvalue weighted by Crippen LogP contribution is 2.54. The van der Waals surface area contributed by atoms with E-state index in [1.165, 1.54) is 37.8 Å². The van der Waals surface area contributed by atoms with E-state index in [9.17, 15) is 0 Å². The maximum Gasteiger partial charge on any atom is 0.142 e. The van der Waals surface area contributed by atoms with E-state index in [1.807, 2.05) is 0 Å². The molecule has 0 atom stereocenters. The molecule has 0 saturated heterocycles. The summed E-state index contributed by atoms with van der Waals surface area (Å²) in [5.41, 5.74) is 1.20. The average Bonchev–Trinajstić information content (AvgIpc) is 2.44. The summed E-state index contributed by atoms with van der Waals surface area (Å²) in [5, 5.41) is 3.85. The zero-order chi connectivity index (χ0) is 13.5. The first-order valence-electron chi connectivity index (χ1n) is 8.32. The molecule has 1 N–H and O–H groups in total. The Labute approximate surface area is 121 Å². The number of hydrogen-bond acceptors (Lipinski definition) is 2. The second-order valence-corrected chi connectivity index (χ2v) is 7.03. The van der Waals surface area contributed by atoms with E-state index < -0.39 is 0 Å². The fraction of sp³-hybridized carbons (Fsp3) is 0.667. The van der Waals surface area contributed by atoms with Crippen LogP contribution in [0, 0.1) is 23.7 Å². The van der Waals surface area contributed by atoms with Gasteiger partial charge in [-0.05, 0) is 74.8 Å². The van der Waals surface area contributed by atoms with E-state index in [4.69, 9.17) is 4.74 Å². The van der Waals surface area contributed by atoms with Crippen LogP contribution in [-0.2, 0) is 0 Å². The average molecular weight is 271 g/mol. The van der Waals surface area contributed by atoms with E-state index in [2.05, 4.69) is 36.5 Å². The van der Waals surface area contributed by atoms with Crippen molar-refractivity contribution in [3.8, 4) is 5.75 Å². The van der Waals surface area contributed by atoms with E-state index in [1.54, 1.807) is 0 Å². The third-order valence-corrected chi connectivity index (χ3v) is 5.74. The summed E-state index contributed by atoms with van der Waals surface area (Å²) in [7, 11) is 0. The Morgan fingerprint density at radius 2 is 1.65 bits per heavy atom. The summed E-state index contributed by atoms with van der Waals surface area (Å²) in [4.78, 5) is 0. The minimum atomic E-state index is 0.685. The van der Waals surface area contributed by atoms with Crippen molar-refractivity contribution in [2.24, 2.45) is 23.7 Å². The van der Waals surface area contributed by atoms with Gasteiger partial charge < -0.3 is 10.1 Å². The van der Waals surface area contributed by atoms with Gasteiger partial charge >= 0.3 is 0 Å². The molecule has 4 fully saturated rings. The Morgan fingerprint density at radius 3 is 2.30 bits per heavy atom. The smallest absolute Gasteiger partial charge is 0.142 e. The molecule has 1 aromatic carbocycles. The maximum absolute atomic E-state index is 5.77. The Hall–Kier alpha value is -1.18. The lowest BCUT2D eigenvalue weighted by atomic mass is 9.54. The molecule has 2 nitrogen and oxygen atoms in total. The van der Waals surface area contributed by atoms with Crippen LogP contribution in [0.5, 0.6) is 5.75 Å². The summed E-state index contributed by atoms with van der Waals surface area (Å²) in [5.74, 6) is 4.90. The number of hydrogen-bond donors (Lipinski definition) is 1. The van der Waals surface area contributed by atoms with E-state index in [0.717, 1.165) is 36.0 Å². The number of nitrogens with one attached hydrogen (secondary N) is 1. The fourth-order valence-electron chi connectivity index (χ4n) is 5.21. The monoisotopic (exact) mass is 271 g/mol. The first-order chi connectivity index (χ1) is 9.83. The summed E-state index contributed by atoms with van der Waals surface area (Å²) < 4.78 is 5.77. The van der Waals surface area contributed by atoms with Crippen molar-refractivity contribution in [2.45, 2.75) is 45.1 Å². The minimum Gasteiger partial charge on any atom is -0.492 e. The molecule has 0 amide bonds. The summed E-state index contributed by atoms with van der Waals surface area (Å²) >= 11 is 0. The fourth-order valence-corrected chi connectivity index (χ4v) is 5.21. The molecule has 20 heavy (non-hydrogen) atoms. The predicted molar refractivity (Wildman–Crippen MR) is 82.1 cm³/mol. The van der Waals surface area contributed by atoms with Crippen LogP contribution in [0.1, 0.15) is 39.0 Å². The number of anilines is 1. The van der Waals surface area contributed by atoms with Crippen LogP contribution in [0.4, 0.5) is 5.69 Å². The van der Waals surface area contributed by atoms with Gasteiger partial charge in [-0.1, -0.05) is 12.1 Å². The van der Waals surface area contributed by atoms with E-state index in [-0.39, 0.29) is 0 Å². The van der Waals surface area contributed by atoms with Gasteiger partial charge in [0.05, 0.1) is 12.3 Å². The van der Waals surface area contributed by atoms with E-state index in [0.29, 0.717) is 6.04 Å². The van der Waals surface area contributed by atoms with Crippen molar-refractivity contribution in [3.63, 3.8) is 0 Å². The second kappa shape index (κ2) is 4.98. The SMILES string of the molecule is CCOc1ccccc1NC1C2CC3CC(C2)CC1C3. The van der Waals surface area contributed by atoms with E-state index >= 15 is 0 Å². The third kappa shape index (κ3) is 2.10. The van der Waals surface area contributed by atoms with Gasteiger partial charge in [0.15, 0.2) is 0 Å². The minimum absolute atomic E-state index is 0.685. The molecule has 4 aliphatic rings. The molecule has 5 rings (SSSR count). The van der Waals surface area contributed by atoms with Crippen LogP contribution >= 0.6 is 0 Å². The molecule has 0 radical (unpaired) electrons. The van der Waals surface area contributed by atoms with Crippen molar-refractivity contribution in [1.29, 1.82) is 0 Å². The van der Waals surface area contributed by atoms with Crippen LogP contribution in [0.3, 0.4) is 0 Å². The molecule has 108 valence electrons. The first kappa shape index (κ1) is 12.6. The number of rotatable bonds is 4. The predicted octanol–water partition coefficient (Wildman–Crippen LogP) is 4.32. The molecule has 0 aliphatic heterocycles. The molecule has 0 unspecified atom stereocenters. The van der Waals surface area contributed by atoms with Crippen molar-refractivity contribution in [1.82, 2.24) is 0 Å². The third-order valence-electron chi connectivity index (χ3n) is 5.74. The van der Waals surface area contributed by atoms with Crippen LogP contribution < -0.4 is 10.1 Å². The van der Waals surface area contributed by atoms with Crippen LogP contribution in [0.25, 0.3) is 0 Å². The van der Waals surface area contributed by atoms with Crippen LogP contribution in [-0.4, -0.2) is 12.6 Å². The molecule has 2 heteroatoms. The molecule has 0 heterocycles. The lowest BCUT2D eigenvalue weighted by Gasteiger charge is -2.54. The molecular weight excluding hydrogens is 246 g/mol.